The van der Waals surface area contributed by atoms with Gasteiger partial charge in [0.05, 0.1) is 18.8 Å². The summed E-state index contributed by atoms with van der Waals surface area (Å²) in [5.41, 5.74) is 3.19. The molecule has 0 aliphatic rings. The van der Waals surface area contributed by atoms with E-state index in [1.165, 1.54) is 0 Å². The molecule has 1 atom stereocenters. The molecule has 0 saturated carbocycles. The van der Waals surface area contributed by atoms with Crippen molar-refractivity contribution in [1.29, 1.82) is 0 Å². The molecule has 1 unspecified atom stereocenters. The Morgan fingerprint density at radius 2 is 1.45 bits per heavy atom. The van der Waals surface area contributed by atoms with Crippen LogP contribution in [0.2, 0.25) is 5.02 Å². The molecule has 0 bridgehead atoms. The van der Waals surface area contributed by atoms with Crippen molar-refractivity contribution in [2.45, 2.75) is 18.6 Å². The molecule has 33 heavy (non-hydrogen) atoms. The lowest BCUT2D eigenvalue weighted by atomic mass is 9.98. The van der Waals surface area contributed by atoms with Crippen LogP contribution in [0.1, 0.15) is 40.4 Å². The zero-order valence-electron chi connectivity index (χ0n) is 17.8. The number of nitrogens with zero attached hydrogens (tertiary/aromatic N) is 4. The zero-order valence-corrected chi connectivity index (χ0v) is 18.5. The van der Waals surface area contributed by atoms with Crippen molar-refractivity contribution in [3.05, 3.63) is 137 Å². The van der Waals surface area contributed by atoms with Gasteiger partial charge in [0.15, 0.2) is 5.82 Å². The summed E-state index contributed by atoms with van der Waals surface area (Å²) in [5.74, 6) is 1.53. The second-order valence-corrected chi connectivity index (χ2v) is 8.09. The standard InChI is InChI=1S/C26H22ClN5O/c27-22-15-13-19(14-16-22)24(28-18-23-12-7-17-33-23)26-29-30-31-32(26)25(20-8-3-1-4-9-20)21-10-5-2-6-11-21/h1-17,24-25,28H,18H2. The highest BCUT2D eigenvalue weighted by atomic mass is 35.5. The summed E-state index contributed by atoms with van der Waals surface area (Å²) in [4.78, 5) is 0. The van der Waals surface area contributed by atoms with Crippen LogP contribution in [0.15, 0.2) is 108 Å². The van der Waals surface area contributed by atoms with Crippen LogP contribution in [0.4, 0.5) is 0 Å². The molecule has 3 aromatic carbocycles. The third-order valence-corrected chi connectivity index (χ3v) is 5.77. The second-order valence-electron chi connectivity index (χ2n) is 7.65. The van der Waals surface area contributed by atoms with Crippen molar-refractivity contribution >= 4 is 11.6 Å². The fraction of sp³-hybridized carbons (Fsp3) is 0.115. The van der Waals surface area contributed by atoms with Crippen LogP contribution in [0, 0.1) is 0 Å². The molecule has 0 fully saturated rings. The van der Waals surface area contributed by atoms with E-state index in [9.17, 15) is 0 Å². The van der Waals surface area contributed by atoms with E-state index in [1.807, 2.05) is 77.5 Å². The maximum Gasteiger partial charge on any atom is 0.173 e. The Hall–Kier alpha value is -3.74. The molecule has 2 heterocycles. The lowest BCUT2D eigenvalue weighted by Gasteiger charge is -2.24. The van der Waals surface area contributed by atoms with Gasteiger partial charge in [-0.2, -0.15) is 0 Å². The summed E-state index contributed by atoms with van der Waals surface area (Å²) in [6.45, 7) is 0.522. The van der Waals surface area contributed by atoms with E-state index in [2.05, 4.69) is 45.1 Å². The van der Waals surface area contributed by atoms with Crippen molar-refractivity contribution in [3.63, 3.8) is 0 Å². The fourth-order valence-corrected chi connectivity index (χ4v) is 4.08. The maximum atomic E-state index is 6.16. The van der Waals surface area contributed by atoms with Crippen molar-refractivity contribution in [2.75, 3.05) is 0 Å². The number of tetrazole rings is 1. The number of aromatic nitrogens is 4. The van der Waals surface area contributed by atoms with Crippen LogP contribution in [0.25, 0.3) is 0 Å². The van der Waals surface area contributed by atoms with Gasteiger partial charge in [0, 0.05) is 5.02 Å². The van der Waals surface area contributed by atoms with Gasteiger partial charge >= 0.3 is 0 Å². The SMILES string of the molecule is Clc1ccc(C(NCc2ccco2)c2nnnn2C(c2ccccc2)c2ccccc2)cc1. The number of nitrogens with one attached hydrogen (secondary N) is 1. The van der Waals surface area contributed by atoms with Crippen molar-refractivity contribution in [1.82, 2.24) is 25.5 Å². The molecule has 6 nitrogen and oxygen atoms in total. The molecular weight excluding hydrogens is 434 g/mol. The number of hydrogen-bond donors (Lipinski definition) is 1. The highest BCUT2D eigenvalue weighted by Gasteiger charge is 2.27. The summed E-state index contributed by atoms with van der Waals surface area (Å²) < 4.78 is 7.42. The van der Waals surface area contributed by atoms with Crippen molar-refractivity contribution < 1.29 is 4.42 Å². The first kappa shape index (κ1) is 21.1. The number of benzene rings is 3. The Balaban J connectivity index is 1.59. The molecule has 7 heteroatoms. The predicted octanol–water partition coefficient (Wildman–Crippen LogP) is 5.44. The van der Waals surface area contributed by atoms with Crippen LogP contribution in [0.3, 0.4) is 0 Å². The molecular formula is C26H22ClN5O. The number of rotatable bonds is 8. The molecule has 5 rings (SSSR count). The molecule has 2 aromatic heterocycles. The van der Waals surface area contributed by atoms with Gasteiger partial charge in [-0.1, -0.05) is 84.4 Å². The van der Waals surface area contributed by atoms with Crippen LogP contribution in [-0.4, -0.2) is 20.2 Å². The largest absolute Gasteiger partial charge is 0.468 e. The van der Waals surface area contributed by atoms with Crippen molar-refractivity contribution in [3.8, 4) is 0 Å². The van der Waals surface area contributed by atoms with Gasteiger partial charge in [0.1, 0.15) is 11.8 Å². The minimum absolute atomic E-state index is 0.183. The van der Waals surface area contributed by atoms with E-state index in [0.29, 0.717) is 17.4 Å². The molecule has 5 aromatic rings. The molecule has 0 radical (unpaired) electrons. The maximum absolute atomic E-state index is 6.16. The van der Waals surface area contributed by atoms with Gasteiger partial charge in [-0.05, 0) is 51.4 Å². The molecule has 0 aliphatic heterocycles. The summed E-state index contributed by atoms with van der Waals surface area (Å²) in [5, 5.41) is 17.2. The Morgan fingerprint density at radius 3 is 2.06 bits per heavy atom. The van der Waals surface area contributed by atoms with E-state index < -0.39 is 0 Å². The zero-order chi connectivity index (χ0) is 22.5. The highest BCUT2D eigenvalue weighted by Crippen LogP contribution is 2.30. The van der Waals surface area contributed by atoms with Gasteiger partial charge in [0.25, 0.3) is 0 Å². The lowest BCUT2D eigenvalue weighted by molar-refractivity contribution is 0.446. The topological polar surface area (TPSA) is 68.8 Å². The number of furan rings is 1. The van der Waals surface area contributed by atoms with E-state index in [0.717, 1.165) is 22.5 Å². The number of hydrogen-bond acceptors (Lipinski definition) is 5. The summed E-state index contributed by atoms with van der Waals surface area (Å²) in [6, 6.07) is 31.6. The molecule has 1 N–H and O–H groups in total. The first-order valence-corrected chi connectivity index (χ1v) is 11.1. The van der Waals surface area contributed by atoms with Crippen LogP contribution < -0.4 is 5.32 Å². The summed E-state index contributed by atoms with van der Waals surface area (Å²) in [7, 11) is 0. The van der Waals surface area contributed by atoms with Gasteiger partial charge in [-0.15, -0.1) is 5.10 Å². The van der Waals surface area contributed by atoms with E-state index in [1.54, 1.807) is 6.26 Å². The fourth-order valence-electron chi connectivity index (χ4n) is 3.95. The highest BCUT2D eigenvalue weighted by molar-refractivity contribution is 6.30. The van der Waals surface area contributed by atoms with Crippen LogP contribution >= 0.6 is 11.6 Å². The van der Waals surface area contributed by atoms with Gasteiger partial charge in [-0.25, -0.2) is 4.68 Å². The van der Waals surface area contributed by atoms with Gasteiger partial charge in [0.2, 0.25) is 0 Å². The molecule has 0 aliphatic carbocycles. The second kappa shape index (κ2) is 9.81. The average Bonchev–Trinajstić information content (AvgIpc) is 3.55. The Kier molecular flexibility index (Phi) is 6.28. The van der Waals surface area contributed by atoms with Crippen molar-refractivity contribution in [2.24, 2.45) is 0 Å². The third-order valence-electron chi connectivity index (χ3n) is 5.52. The first-order valence-electron chi connectivity index (χ1n) is 10.7. The number of halogens is 1. The minimum atomic E-state index is -0.280. The normalized spacial score (nSPS) is 12.2. The Morgan fingerprint density at radius 1 is 0.788 bits per heavy atom. The molecule has 164 valence electrons. The molecule has 0 saturated heterocycles. The summed E-state index contributed by atoms with van der Waals surface area (Å²) >= 11 is 6.16. The third kappa shape index (κ3) is 4.72. The summed E-state index contributed by atoms with van der Waals surface area (Å²) in [6.07, 6.45) is 1.67. The Bertz CT molecular complexity index is 1230. The molecule has 0 spiro atoms. The average molecular weight is 456 g/mol. The van der Waals surface area contributed by atoms with Crippen LogP contribution in [0.5, 0.6) is 0 Å². The Labute approximate surface area is 196 Å². The smallest absolute Gasteiger partial charge is 0.173 e. The molecule has 0 amide bonds. The van der Waals surface area contributed by atoms with E-state index >= 15 is 0 Å². The van der Waals surface area contributed by atoms with Gasteiger partial charge < -0.3 is 4.42 Å². The van der Waals surface area contributed by atoms with E-state index in [-0.39, 0.29) is 12.1 Å². The van der Waals surface area contributed by atoms with Gasteiger partial charge in [-0.3, -0.25) is 5.32 Å². The lowest BCUT2D eigenvalue weighted by Crippen LogP contribution is -2.27. The quantitative estimate of drug-likeness (QED) is 0.337. The monoisotopic (exact) mass is 455 g/mol. The predicted molar refractivity (Wildman–Crippen MR) is 127 cm³/mol. The van der Waals surface area contributed by atoms with E-state index in [4.69, 9.17) is 16.0 Å². The van der Waals surface area contributed by atoms with Crippen LogP contribution in [-0.2, 0) is 6.54 Å². The minimum Gasteiger partial charge on any atom is -0.468 e. The first-order chi connectivity index (χ1) is 16.3.